The molecule has 144 valence electrons. The molecule has 0 aliphatic carbocycles. The fourth-order valence-corrected chi connectivity index (χ4v) is 4.31. The second-order valence-electron chi connectivity index (χ2n) is 6.42. The van der Waals surface area contributed by atoms with Crippen LogP contribution in [0.1, 0.15) is 12.8 Å². The van der Waals surface area contributed by atoms with E-state index in [4.69, 9.17) is 9.47 Å². The first-order valence-corrected chi connectivity index (χ1v) is 10.5. The SMILES string of the molecule is CN(C(=O)COc1ccc(Oc2ccccn2)cc1)C1CCS(=O)(=O)CC1. The Morgan fingerprint density at radius 3 is 2.41 bits per heavy atom. The average molecular weight is 390 g/mol. The molecule has 1 aromatic heterocycles. The molecule has 7 nitrogen and oxygen atoms in total. The smallest absolute Gasteiger partial charge is 0.260 e. The summed E-state index contributed by atoms with van der Waals surface area (Å²) in [6.07, 6.45) is 2.60. The number of carbonyl (C=O) groups excluding carboxylic acids is 1. The zero-order valence-corrected chi connectivity index (χ0v) is 15.9. The van der Waals surface area contributed by atoms with E-state index in [0.29, 0.717) is 30.2 Å². The van der Waals surface area contributed by atoms with Crippen LogP contribution in [0.4, 0.5) is 0 Å². The largest absolute Gasteiger partial charge is 0.484 e. The van der Waals surface area contributed by atoms with Crippen LogP contribution in [0, 0.1) is 0 Å². The Kier molecular flexibility index (Phi) is 5.95. The summed E-state index contributed by atoms with van der Waals surface area (Å²) in [7, 11) is -1.25. The maximum Gasteiger partial charge on any atom is 0.260 e. The van der Waals surface area contributed by atoms with Gasteiger partial charge in [0.25, 0.3) is 5.91 Å². The Morgan fingerprint density at radius 2 is 1.78 bits per heavy atom. The van der Waals surface area contributed by atoms with Gasteiger partial charge in [0, 0.05) is 25.4 Å². The molecule has 0 unspecified atom stereocenters. The van der Waals surface area contributed by atoms with Crippen molar-refractivity contribution < 1.29 is 22.7 Å². The molecule has 8 heteroatoms. The molecule has 0 spiro atoms. The number of benzene rings is 1. The monoisotopic (exact) mass is 390 g/mol. The molecule has 1 aliphatic heterocycles. The van der Waals surface area contributed by atoms with E-state index in [1.807, 2.05) is 12.1 Å². The summed E-state index contributed by atoms with van der Waals surface area (Å²) >= 11 is 0. The van der Waals surface area contributed by atoms with Gasteiger partial charge < -0.3 is 14.4 Å². The summed E-state index contributed by atoms with van der Waals surface area (Å²) in [6.45, 7) is -0.0970. The molecule has 0 bridgehead atoms. The number of aromatic nitrogens is 1. The number of pyridine rings is 1. The van der Waals surface area contributed by atoms with Crippen LogP contribution < -0.4 is 9.47 Å². The van der Waals surface area contributed by atoms with Gasteiger partial charge >= 0.3 is 0 Å². The topological polar surface area (TPSA) is 85.8 Å². The normalized spacial score (nSPS) is 16.5. The van der Waals surface area contributed by atoms with Crippen molar-refractivity contribution in [2.45, 2.75) is 18.9 Å². The molecule has 0 saturated carbocycles. The van der Waals surface area contributed by atoms with Crippen LogP contribution in [0.5, 0.6) is 17.4 Å². The maximum absolute atomic E-state index is 12.3. The molecule has 0 radical (unpaired) electrons. The maximum atomic E-state index is 12.3. The van der Waals surface area contributed by atoms with Crippen molar-refractivity contribution in [2.75, 3.05) is 25.2 Å². The molecule has 2 aromatic rings. The lowest BCUT2D eigenvalue weighted by atomic mass is 10.1. The Bertz CT molecular complexity index is 855. The van der Waals surface area contributed by atoms with Crippen LogP contribution >= 0.6 is 0 Å². The van der Waals surface area contributed by atoms with E-state index in [9.17, 15) is 13.2 Å². The molecule has 0 N–H and O–H groups in total. The zero-order chi connectivity index (χ0) is 19.3. The van der Waals surface area contributed by atoms with Crippen LogP contribution in [0.3, 0.4) is 0 Å². The number of rotatable bonds is 6. The van der Waals surface area contributed by atoms with E-state index in [1.165, 1.54) is 0 Å². The van der Waals surface area contributed by atoms with Gasteiger partial charge in [-0.1, -0.05) is 6.07 Å². The first kappa shape index (κ1) is 19.2. The van der Waals surface area contributed by atoms with Crippen molar-refractivity contribution in [1.29, 1.82) is 0 Å². The predicted octanol–water partition coefficient (Wildman–Crippen LogP) is 2.29. The van der Waals surface area contributed by atoms with Gasteiger partial charge in [0.2, 0.25) is 5.88 Å². The van der Waals surface area contributed by atoms with Crippen molar-refractivity contribution in [3.05, 3.63) is 48.7 Å². The number of likely N-dealkylation sites (N-methyl/N-ethyl adjacent to an activating group) is 1. The predicted molar refractivity (Wildman–Crippen MR) is 101 cm³/mol. The third-order valence-corrected chi connectivity index (χ3v) is 6.23. The molecular weight excluding hydrogens is 368 g/mol. The lowest BCUT2D eigenvalue weighted by Gasteiger charge is -2.31. The van der Waals surface area contributed by atoms with Crippen LogP contribution in [0.25, 0.3) is 0 Å². The van der Waals surface area contributed by atoms with Gasteiger partial charge in [0.15, 0.2) is 6.61 Å². The number of nitrogens with zero attached hydrogens (tertiary/aromatic N) is 2. The first-order chi connectivity index (χ1) is 12.9. The van der Waals surface area contributed by atoms with Crippen LogP contribution in [0.15, 0.2) is 48.7 Å². The quantitative estimate of drug-likeness (QED) is 0.752. The standard InChI is InChI=1S/C19H22N2O5S/c1-21(15-9-12-27(23,24)13-10-15)19(22)14-25-16-5-7-17(8-6-16)26-18-4-2-3-11-20-18/h2-8,11,15H,9-10,12-14H2,1H3. The fourth-order valence-electron chi connectivity index (χ4n) is 2.85. The summed E-state index contributed by atoms with van der Waals surface area (Å²) in [6, 6.07) is 12.3. The van der Waals surface area contributed by atoms with Crippen LogP contribution in [0.2, 0.25) is 0 Å². The number of hydrogen-bond acceptors (Lipinski definition) is 6. The minimum Gasteiger partial charge on any atom is -0.484 e. The highest BCUT2D eigenvalue weighted by molar-refractivity contribution is 7.91. The molecule has 2 heterocycles. The molecular formula is C19H22N2O5S. The minimum absolute atomic E-state index is 0.0567. The van der Waals surface area contributed by atoms with E-state index in [-0.39, 0.29) is 30.1 Å². The first-order valence-electron chi connectivity index (χ1n) is 8.71. The zero-order valence-electron chi connectivity index (χ0n) is 15.1. The van der Waals surface area contributed by atoms with E-state index < -0.39 is 9.84 Å². The lowest BCUT2D eigenvalue weighted by Crippen LogP contribution is -2.44. The van der Waals surface area contributed by atoms with Gasteiger partial charge in [-0.05, 0) is 43.2 Å². The van der Waals surface area contributed by atoms with Crippen molar-refractivity contribution in [3.8, 4) is 17.4 Å². The van der Waals surface area contributed by atoms with Gasteiger partial charge in [-0.2, -0.15) is 0 Å². The Morgan fingerprint density at radius 1 is 1.11 bits per heavy atom. The van der Waals surface area contributed by atoms with Gasteiger partial charge in [-0.25, -0.2) is 13.4 Å². The summed E-state index contributed by atoms with van der Waals surface area (Å²) in [5.74, 6) is 1.76. The second kappa shape index (κ2) is 8.39. The van der Waals surface area contributed by atoms with E-state index >= 15 is 0 Å². The molecule has 0 atom stereocenters. The highest BCUT2D eigenvalue weighted by atomic mass is 32.2. The van der Waals surface area contributed by atoms with Crippen molar-refractivity contribution in [1.82, 2.24) is 9.88 Å². The number of sulfone groups is 1. The third kappa shape index (κ3) is 5.43. The number of carbonyl (C=O) groups is 1. The summed E-state index contributed by atoms with van der Waals surface area (Å²) in [4.78, 5) is 18.0. The lowest BCUT2D eigenvalue weighted by molar-refractivity contribution is -0.134. The summed E-state index contributed by atoms with van der Waals surface area (Å²) in [5.41, 5.74) is 0. The van der Waals surface area contributed by atoms with E-state index in [2.05, 4.69) is 4.98 Å². The van der Waals surface area contributed by atoms with Gasteiger partial charge in [0.1, 0.15) is 21.3 Å². The average Bonchev–Trinajstić information content (AvgIpc) is 2.67. The highest BCUT2D eigenvalue weighted by Gasteiger charge is 2.28. The van der Waals surface area contributed by atoms with Gasteiger partial charge in [-0.15, -0.1) is 0 Å². The molecule has 1 fully saturated rings. The number of hydrogen-bond donors (Lipinski definition) is 0. The van der Waals surface area contributed by atoms with Crippen LogP contribution in [-0.4, -0.2) is 55.4 Å². The van der Waals surface area contributed by atoms with Crippen molar-refractivity contribution in [3.63, 3.8) is 0 Å². The summed E-state index contributed by atoms with van der Waals surface area (Å²) in [5, 5.41) is 0. The molecule has 3 rings (SSSR count). The molecule has 1 amide bonds. The van der Waals surface area contributed by atoms with Gasteiger partial charge in [-0.3, -0.25) is 4.79 Å². The Labute approximate surface area is 158 Å². The number of amides is 1. The van der Waals surface area contributed by atoms with Gasteiger partial charge in [0.05, 0.1) is 11.5 Å². The van der Waals surface area contributed by atoms with E-state index in [0.717, 1.165) is 0 Å². The summed E-state index contributed by atoms with van der Waals surface area (Å²) < 4.78 is 34.1. The van der Waals surface area contributed by atoms with Crippen LogP contribution in [-0.2, 0) is 14.6 Å². The molecule has 1 aromatic carbocycles. The van der Waals surface area contributed by atoms with Crippen molar-refractivity contribution in [2.24, 2.45) is 0 Å². The number of ether oxygens (including phenoxy) is 2. The Hall–Kier alpha value is -2.61. The second-order valence-corrected chi connectivity index (χ2v) is 8.72. The third-order valence-electron chi connectivity index (χ3n) is 4.51. The van der Waals surface area contributed by atoms with Crippen molar-refractivity contribution >= 4 is 15.7 Å². The minimum atomic E-state index is -2.94. The highest BCUT2D eigenvalue weighted by Crippen LogP contribution is 2.22. The Balaban J connectivity index is 1.48. The molecule has 27 heavy (non-hydrogen) atoms. The van der Waals surface area contributed by atoms with E-state index in [1.54, 1.807) is 48.5 Å². The molecule has 1 aliphatic rings. The fraction of sp³-hybridized carbons (Fsp3) is 0.368. The molecule has 1 saturated heterocycles.